The molecule has 5 nitrogen and oxygen atoms in total. The molecular weight excluding hydrogens is 232 g/mol. The molecule has 0 aliphatic rings. The van der Waals surface area contributed by atoms with Crippen LogP contribution in [0.5, 0.6) is 0 Å². The smallest absolute Gasteiger partial charge is 0.221 e. The summed E-state index contributed by atoms with van der Waals surface area (Å²) in [5, 5.41) is 15.6. The second-order valence-corrected chi connectivity index (χ2v) is 5.28. The maximum absolute atomic E-state index is 11.5. The van der Waals surface area contributed by atoms with Gasteiger partial charge >= 0.3 is 0 Å². The summed E-state index contributed by atoms with van der Waals surface area (Å²) in [5.41, 5.74) is -0.204. The van der Waals surface area contributed by atoms with Gasteiger partial charge in [0.25, 0.3) is 0 Å². The molecule has 1 atom stereocenters. The van der Waals surface area contributed by atoms with Crippen LogP contribution in [0.2, 0.25) is 0 Å². The van der Waals surface area contributed by atoms with E-state index in [1.807, 2.05) is 20.8 Å². The Bertz CT molecular complexity index is 355. The monoisotopic (exact) mass is 254 g/mol. The highest BCUT2D eigenvalue weighted by atomic mass is 16.4. The summed E-state index contributed by atoms with van der Waals surface area (Å²) in [5.74, 6) is 0.532. The molecule has 1 amide bonds. The van der Waals surface area contributed by atoms with E-state index in [1.165, 1.54) is 6.26 Å². The molecule has 0 saturated carbocycles. The van der Waals surface area contributed by atoms with Gasteiger partial charge in [-0.1, -0.05) is 0 Å². The van der Waals surface area contributed by atoms with Crippen LogP contribution in [0.4, 0.5) is 0 Å². The zero-order valence-electron chi connectivity index (χ0n) is 11.2. The molecule has 1 aromatic heterocycles. The Labute approximate surface area is 108 Å². The molecule has 1 unspecified atom stereocenters. The molecule has 3 N–H and O–H groups in total. The van der Waals surface area contributed by atoms with Crippen molar-refractivity contribution in [1.29, 1.82) is 0 Å². The van der Waals surface area contributed by atoms with Crippen molar-refractivity contribution in [3.05, 3.63) is 24.2 Å². The zero-order chi connectivity index (χ0) is 13.6. The number of carbonyl (C=O) groups is 1. The van der Waals surface area contributed by atoms with Crippen LogP contribution in [0.3, 0.4) is 0 Å². The summed E-state index contributed by atoms with van der Waals surface area (Å²) < 4.78 is 5.07. The Hall–Kier alpha value is -1.33. The summed E-state index contributed by atoms with van der Waals surface area (Å²) in [7, 11) is 0. The van der Waals surface area contributed by atoms with Gasteiger partial charge in [0.1, 0.15) is 11.9 Å². The average Bonchev–Trinajstić information content (AvgIpc) is 2.74. The molecule has 1 heterocycles. The molecule has 1 aromatic rings. The van der Waals surface area contributed by atoms with Crippen molar-refractivity contribution >= 4 is 5.91 Å². The van der Waals surface area contributed by atoms with Crippen molar-refractivity contribution in [1.82, 2.24) is 10.6 Å². The van der Waals surface area contributed by atoms with Crippen molar-refractivity contribution in [2.75, 3.05) is 13.1 Å². The van der Waals surface area contributed by atoms with E-state index >= 15 is 0 Å². The predicted octanol–water partition coefficient (Wildman–Crippen LogP) is 1.21. The fraction of sp³-hybridized carbons (Fsp3) is 0.615. The van der Waals surface area contributed by atoms with Gasteiger partial charge in [0.05, 0.1) is 6.26 Å². The summed E-state index contributed by atoms with van der Waals surface area (Å²) in [6.45, 7) is 6.73. The zero-order valence-corrected chi connectivity index (χ0v) is 11.2. The van der Waals surface area contributed by atoms with E-state index < -0.39 is 6.10 Å². The Morgan fingerprint density at radius 1 is 1.50 bits per heavy atom. The number of aliphatic hydroxyl groups excluding tert-OH is 1. The van der Waals surface area contributed by atoms with E-state index in [1.54, 1.807) is 12.1 Å². The average molecular weight is 254 g/mol. The van der Waals surface area contributed by atoms with Crippen LogP contribution >= 0.6 is 0 Å². The van der Waals surface area contributed by atoms with Gasteiger partial charge in [-0.2, -0.15) is 0 Å². The lowest BCUT2D eigenvalue weighted by molar-refractivity contribution is -0.122. The van der Waals surface area contributed by atoms with Crippen molar-refractivity contribution in [3.63, 3.8) is 0 Å². The van der Waals surface area contributed by atoms with Crippen molar-refractivity contribution in [2.24, 2.45) is 0 Å². The topological polar surface area (TPSA) is 74.5 Å². The highest BCUT2D eigenvalue weighted by Gasteiger charge is 2.13. The standard InChI is InChI=1S/C13H22N2O3/c1-13(2,3)15-12(17)6-7-14-9-10(16)11-5-4-8-18-11/h4-5,8,10,14,16H,6-7,9H2,1-3H3,(H,15,17). The number of rotatable bonds is 6. The maximum Gasteiger partial charge on any atom is 0.221 e. The van der Waals surface area contributed by atoms with Gasteiger partial charge in [-0.25, -0.2) is 0 Å². The molecule has 0 aromatic carbocycles. The van der Waals surface area contributed by atoms with Gasteiger partial charge in [-0.3, -0.25) is 4.79 Å². The van der Waals surface area contributed by atoms with Crippen LogP contribution in [0.15, 0.2) is 22.8 Å². The van der Waals surface area contributed by atoms with Crippen molar-refractivity contribution < 1.29 is 14.3 Å². The van der Waals surface area contributed by atoms with Crippen molar-refractivity contribution in [3.8, 4) is 0 Å². The van der Waals surface area contributed by atoms with Crippen LogP contribution < -0.4 is 10.6 Å². The molecule has 1 rings (SSSR count). The van der Waals surface area contributed by atoms with Gasteiger partial charge in [0, 0.05) is 25.0 Å². The molecule has 0 spiro atoms. The summed E-state index contributed by atoms with van der Waals surface area (Å²) >= 11 is 0. The summed E-state index contributed by atoms with van der Waals surface area (Å²) in [4.78, 5) is 11.5. The molecule has 0 aliphatic heterocycles. The van der Waals surface area contributed by atoms with Gasteiger partial charge in [0.15, 0.2) is 0 Å². The molecule has 0 saturated heterocycles. The second kappa shape index (κ2) is 6.56. The highest BCUT2D eigenvalue weighted by Crippen LogP contribution is 2.11. The molecular formula is C13H22N2O3. The number of furan rings is 1. The fourth-order valence-corrected chi connectivity index (χ4v) is 1.50. The van der Waals surface area contributed by atoms with Gasteiger partial charge in [-0.05, 0) is 32.9 Å². The van der Waals surface area contributed by atoms with Crippen molar-refractivity contribution in [2.45, 2.75) is 38.8 Å². The number of carbonyl (C=O) groups excluding carboxylic acids is 1. The Balaban J connectivity index is 2.14. The first kappa shape index (κ1) is 14.7. The minimum absolute atomic E-state index is 0.00230. The normalized spacial score (nSPS) is 13.3. The number of nitrogens with one attached hydrogen (secondary N) is 2. The van der Waals surface area contributed by atoms with Gasteiger partial charge < -0.3 is 20.2 Å². The third kappa shape index (κ3) is 5.84. The lowest BCUT2D eigenvalue weighted by Crippen LogP contribution is -2.41. The van der Waals surface area contributed by atoms with E-state index in [9.17, 15) is 9.90 Å². The Morgan fingerprint density at radius 2 is 2.22 bits per heavy atom. The SMILES string of the molecule is CC(C)(C)NC(=O)CCNCC(O)c1ccco1. The van der Waals surface area contributed by atoms with Gasteiger partial charge in [0.2, 0.25) is 5.91 Å². The molecule has 0 aliphatic carbocycles. The van der Waals surface area contributed by atoms with Crippen LogP contribution in [0.25, 0.3) is 0 Å². The van der Waals surface area contributed by atoms with Crippen LogP contribution in [0, 0.1) is 0 Å². The van der Waals surface area contributed by atoms with E-state index in [0.29, 0.717) is 25.3 Å². The molecule has 102 valence electrons. The fourth-order valence-electron chi connectivity index (χ4n) is 1.50. The molecule has 18 heavy (non-hydrogen) atoms. The molecule has 0 fully saturated rings. The first-order valence-electron chi connectivity index (χ1n) is 6.12. The Morgan fingerprint density at radius 3 is 2.78 bits per heavy atom. The van der Waals surface area contributed by atoms with E-state index in [2.05, 4.69) is 10.6 Å². The quantitative estimate of drug-likeness (QED) is 0.667. The third-order valence-corrected chi connectivity index (χ3v) is 2.25. The second-order valence-electron chi connectivity index (χ2n) is 5.28. The Kier molecular flexibility index (Phi) is 5.37. The summed E-state index contributed by atoms with van der Waals surface area (Å²) in [6.07, 6.45) is 1.24. The number of hydrogen-bond acceptors (Lipinski definition) is 4. The van der Waals surface area contributed by atoms with Crippen LogP contribution in [-0.2, 0) is 4.79 Å². The van der Waals surface area contributed by atoms with E-state index in [0.717, 1.165) is 0 Å². The number of amides is 1. The first-order valence-corrected chi connectivity index (χ1v) is 6.12. The van der Waals surface area contributed by atoms with E-state index in [-0.39, 0.29) is 11.4 Å². The summed E-state index contributed by atoms with van der Waals surface area (Å²) in [6, 6.07) is 3.45. The highest BCUT2D eigenvalue weighted by molar-refractivity contribution is 5.76. The van der Waals surface area contributed by atoms with E-state index in [4.69, 9.17) is 4.42 Å². The lowest BCUT2D eigenvalue weighted by atomic mass is 10.1. The number of aliphatic hydroxyl groups is 1. The first-order chi connectivity index (χ1) is 8.38. The largest absolute Gasteiger partial charge is 0.467 e. The molecule has 5 heteroatoms. The predicted molar refractivity (Wildman–Crippen MR) is 69.1 cm³/mol. The third-order valence-electron chi connectivity index (χ3n) is 2.25. The molecule has 0 bridgehead atoms. The van der Waals surface area contributed by atoms with Crippen LogP contribution in [-0.4, -0.2) is 29.6 Å². The minimum Gasteiger partial charge on any atom is -0.467 e. The lowest BCUT2D eigenvalue weighted by Gasteiger charge is -2.20. The maximum atomic E-state index is 11.5. The van der Waals surface area contributed by atoms with Gasteiger partial charge in [-0.15, -0.1) is 0 Å². The minimum atomic E-state index is -0.675. The molecule has 0 radical (unpaired) electrons. The number of hydrogen-bond donors (Lipinski definition) is 3. The van der Waals surface area contributed by atoms with Crippen LogP contribution in [0.1, 0.15) is 39.1 Å².